The summed E-state index contributed by atoms with van der Waals surface area (Å²) in [7, 11) is 0. The molecule has 1 saturated heterocycles. The lowest BCUT2D eigenvalue weighted by molar-refractivity contribution is -0.149. The van der Waals surface area contributed by atoms with Crippen LogP contribution in [0.3, 0.4) is 0 Å². The molecule has 0 aromatic heterocycles. The topological polar surface area (TPSA) is 55.6 Å². The number of hydrogen-bond acceptors (Lipinski definition) is 4. The summed E-state index contributed by atoms with van der Waals surface area (Å²) in [4.78, 5) is 13.7. The Morgan fingerprint density at radius 1 is 1.60 bits per heavy atom. The third-order valence-electron chi connectivity index (χ3n) is 2.64. The molecule has 1 aliphatic rings. The van der Waals surface area contributed by atoms with Crippen molar-refractivity contribution in [3.63, 3.8) is 0 Å². The molecule has 0 spiro atoms. The first-order chi connectivity index (χ1) is 6.69. The van der Waals surface area contributed by atoms with E-state index < -0.39 is 0 Å². The van der Waals surface area contributed by atoms with Gasteiger partial charge in [-0.2, -0.15) is 0 Å². The number of likely N-dealkylation sites (tertiary alicyclic amines) is 1. The molecule has 2 N–H and O–H groups in total. The van der Waals surface area contributed by atoms with Gasteiger partial charge < -0.3 is 10.5 Å². The van der Waals surface area contributed by atoms with Crippen molar-refractivity contribution in [2.24, 2.45) is 5.73 Å². The molecule has 0 saturated carbocycles. The third-order valence-corrected chi connectivity index (χ3v) is 2.64. The Balaban J connectivity index is 0.00000196. The van der Waals surface area contributed by atoms with E-state index in [1.54, 1.807) is 0 Å². The summed E-state index contributed by atoms with van der Waals surface area (Å²) >= 11 is 0. The number of nitrogens with zero attached hydrogens (tertiary/aromatic N) is 1. The molecule has 0 aromatic rings. The molecule has 5 heteroatoms. The second-order valence-corrected chi connectivity index (χ2v) is 3.72. The van der Waals surface area contributed by atoms with E-state index >= 15 is 0 Å². The van der Waals surface area contributed by atoms with Gasteiger partial charge in [-0.3, -0.25) is 9.69 Å². The fourth-order valence-corrected chi connectivity index (χ4v) is 1.91. The normalized spacial score (nSPS) is 23.3. The van der Waals surface area contributed by atoms with Crippen LogP contribution in [0.15, 0.2) is 0 Å². The lowest BCUT2D eigenvalue weighted by Gasteiger charge is -2.24. The quantitative estimate of drug-likeness (QED) is 0.734. The van der Waals surface area contributed by atoms with Gasteiger partial charge in [0, 0.05) is 19.1 Å². The molecule has 0 radical (unpaired) electrons. The highest BCUT2D eigenvalue weighted by molar-refractivity contribution is 5.85. The number of halogens is 1. The minimum Gasteiger partial charge on any atom is -0.465 e. The molecular weight excluding hydrogens is 216 g/mol. The van der Waals surface area contributed by atoms with Crippen molar-refractivity contribution in [2.45, 2.75) is 38.8 Å². The zero-order chi connectivity index (χ0) is 10.6. The zero-order valence-corrected chi connectivity index (χ0v) is 10.3. The van der Waals surface area contributed by atoms with Crippen LogP contribution < -0.4 is 5.73 Å². The fraction of sp³-hybridized carbons (Fsp3) is 0.900. The Morgan fingerprint density at radius 2 is 2.27 bits per heavy atom. The lowest BCUT2D eigenvalue weighted by Crippen LogP contribution is -2.41. The van der Waals surface area contributed by atoms with Crippen LogP contribution in [-0.2, 0) is 9.53 Å². The summed E-state index contributed by atoms with van der Waals surface area (Å²) < 4.78 is 5.02. The number of carbonyl (C=O) groups excluding carboxylic acids is 1. The molecule has 1 heterocycles. The summed E-state index contributed by atoms with van der Waals surface area (Å²) in [5.41, 5.74) is 5.80. The van der Waals surface area contributed by atoms with Crippen LogP contribution in [0, 0.1) is 0 Å². The minimum atomic E-state index is -0.107. The van der Waals surface area contributed by atoms with Crippen LogP contribution in [0.25, 0.3) is 0 Å². The van der Waals surface area contributed by atoms with E-state index in [4.69, 9.17) is 10.5 Å². The standard InChI is InChI=1S/C10H20N2O2.ClH/c1-3-9(10(13)14-4-2)12-6-5-8(11)7-12;/h8-9H,3-7,11H2,1-2H3;1H/t8-,9?;/m0./s1. The Morgan fingerprint density at radius 3 is 2.67 bits per heavy atom. The summed E-state index contributed by atoms with van der Waals surface area (Å²) in [6.45, 7) is 6.02. The maximum absolute atomic E-state index is 11.6. The van der Waals surface area contributed by atoms with E-state index in [9.17, 15) is 4.79 Å². The van der Waals surface area contributed by atoms with Crippen molar-refractivity contribution in [2.75, 3.05) is 19.7 Å². The largest absolute Gasteiger partial charge is 0.465 e. The van der Waals surface area contributed by atoms with Crippen molar-refractivity contribution >= 4 is 18.4 Å². The van der Waals surface area contributed by atoms with Gasteiger partial charge in [-0.25, -0.2) is 0 Å². The second-order valence-electron chi connectivity index (χ2n) is 3.72. The van der Waals surface area contributed by atoms with E-state index in [1.807, 2.05) is 13.8 Å². The van der Waals surface area contributed by atoms with Gasteiger partial charge in [-0.15, -0.1) is 12.4 Å². The van der Waals surface area contributed by atoms with Crippen LogP contribution >= 0.6 is 12.4 Å². The van der Waals surface area contributed by atoms with Gasteiger partial charge in [-0.1, -0.05) is 6.92 Å². The second kappa shape index (κ2) is 7.04. The van der Waals surface area contributed by atoms with Gasteiger partial charge in [0.25, 0.3) is 0 Å². The molecule has 0 aliphatic carbocycles. The van der Waals surface area contributed by atoms with Crippen LogP contribution in [-0.4, -0.2) is 42.6 Å². The molecule has 1 rings (SSSR count). The van der Waals surface area contributed by atoms with Crippen LogP contribution in [0.4, 0.5) is 0 Å². The fourth-order valence-electron chi connectivity index (χ4n) is 1.91. The summed E-state index contributed by atoms with van der Waals surface area (Å²) in [5.74, 6) is -0.107. The van der Waals surface area contributed by atoms with Gasteiger partial charge in [0.2, 0.25) is 0 Å². The van der Waals surface area contributed by atoms with Crippen LogP contribution in [0.2, 0.25) is 0 Å². The molecular formula is C10H21ClN2O2. The average molecular weight is 237 g/mol. The van der Waals surface area contributed by atoms with Gasteiger partial charge in [0.05, 0.1) is 6.61 Å². The SMILES string of the molecule is CCOC(=O)C(CC)N1CC[C@H](N)C1.Cl. The third kappa shape index (κ3) is 3.97. The minimum absolute atomic E-state index is 0. The molecule has 1 aliphatic heterocycles. The predicted octanol–water partition coefficient (Wildman–Crippen LogP) is 0.783. The van der Waals surface area contributed by atoms with Crippen LogP contribution in [0.1, 0.15) is 26.7 Å². The molecule has 0 aromatic carbocycles. The molecule has 1 fully saturated rings. The highest BCUT2D eigenvalue weighted by atomic mass is 35.5. The number of hydrogen-bond donors (Lipinski definition) is 1. The maximum Gasteiger partial charge on any atom is 0.323 e. The maximum atomic E-state index is 11.6. The van der Waals surface area contributed by atoms with Gasteiger partial charge in [-0.05, 0) is 19.8 Å². The monoisotopic (exact) mass is 236 g/mol. The van der Waals surface area contributed by atoms with E-state index in [2.05, 4.69) is 4.90 Å². The molecule has 1 unspecified atom stereocenters. The zero-order valence-electron chi connectivity index (χ0n) is 9.44. The molecule has 4 nitrogen and oxygen atoms in total. The Hall–Kier alpha value is -0.320. The van der Waals surface area contributed by atoms with Gasteiger partial charge in [0.15, 0.2) is 0 Å². The summed E-state index contributed by atoms with van der Waals surface area (Å²) in [6, 6.07) is 0.127. The van der Waals surface area contributed by atoms with Crippen LogP contribution in [0.5, 0.6) is 0 Å². The summed E-state index contributed by atoms with van der Waals surface area (Å²) in [5, 5.41) is 0. The molecule has 15 heavy (non-hydrogen) atoms. The first kappa shape index (κ1) is 14.7. The van der Waals surface area contributed by atoms with Crippen molar-refractivity contribution in [3.05, 3.63) is 0 Å². The number of rotatable bonds is 4. The number of esters is 1. The number of nitrogens with two attached hydrogens (primary N) is 1. The van der Waals surface area contributed by atoms with E-state index in [-0.39, 0.29) is 30.5 Å². The van der Waals surface area contributed by atoms with Crippen molar-refractivity contribution < 1.29 is 9.53 Å². The average Bonchev–Trinajstić information content (AvgIpc) is 2.54. The Bertz CT molecular complexity index is 202. The van der Waals surface area contributed by atoms with E-state index in [1.165, 1.54) is 0 Å². The Kier molecular flexibility index (Phi) is 6.89. The Labute approximate surface area is 97.5 Å². The molecule has 0 amide bonds. The molecule has 90 valence electrons. The van der Waals surface area contributed by atoms with E-state index in [0.717, 1.165) is 25.9 Å². The number of carbonyl (C=O) groups is 1. The van der Waals surface area contributed by atoms with E-state index in [0.29, 0.717) is 6.61 Å². The summed E-state index contributed by atoms with van der Waals surface area (Å²) in [6.07, 6.45) is 1.78. The number of ether oxygens (including phenoxy) is 1. The van der Waals surface area contributed by atoms with Crippen molar-refractivity contribution in [3.8, 4) is 0 Å². The lowest BCUT2D eigenvalue weighted by atomic mass is 10.2. The predicted molar refractivity (Wildman–Crippen MR) is 62.1 cm³/mol. The molecule has 0 bridgehead atoms. The van der Waals surface area contributed by atoms with Gasteiger partial charge in [0.1, 0.15) is 6.04 Å². The molecule has 2 atom stereocenters. The first-order valence-corrected chi connectivity index (χ1v) is 5.35. The van der Waals surface area contributed by atoms with Gasteiger partial charge >= 0.3 is 5.97 Å². The highest BCUT2D eigenvalue weighted by Gasteiger charge is 2.30. The highest BCUT2D eigenvalue weighted by Crippen LogP contribution is 2.14. The van der Waals surface area contributed by atoms with Crippen molar-refractivity contribution in [1.29, 1.82) is 0 Å². The van der Waals surface area contributed by atoms with Crippen molar-refractivity contribution in [1.82, 2.24) is 4.90 Å². The smallest absolute Gasteiger partial charge is 0.323 e. The first-order valence-electron chi connectivity index (χ1n) is 5.35.